The van der Waals surface area contributed by atoms with Crippen LogP contribution in [0.3, 0.4) is 0 Å². The summed E-state index contributed by atoms with van der Waals surface area (Å²) in [6.45, 7) is 6.03. The van der Waals surface area contributed by atoms with Crippen LogP contribution in [0, 0.1) is 6.92 Å². The van der Waals surface area contributed by atoms with E-state index in [1.807, 2.05) is 39.0 Å². The molecule has 0 unspecified atom stereocenters. The van der Waals surface area contributed by atoms with Crippen molar-refractivity contribution in [3.05, 3.63) is 53.4 Å². The second-order valence-electron chi connectivity index (χ2n) is 6.24. The van der Waals surface area contributed by atoms with Gasteiger partial charge in [0.2, 0.25) is 5.88 Å². The van der Waals surface area contributed by atoms with Gasteiger partial charge in [-0.05, 0) is 45.0 Å². The third-order valence-corrected chi connectivity index (χ3v) is 3.99. The average molecular weight is 354 g/mol. The Bertz CT molecular complexity index is 931. The minimum atomic E-state index is -0.281. The number of carbonyl (C=O) groups excluding carboxylic acids is 1. The lowest BCUT2D eigenvalue weighted by Gasteiger charge is -2.13. The Morgan fingerprint density at radius 1 is 1.31 bits per heavy atom. The molecule has 6 nitrogen and oxygen atoms in total. The quantitative estimate of drug-likeness (QED) is 0.727. The zero-order valence-corrected chi connectivity index (χ0v) is 15.3. The highest BCUT2D eigenvalue weighted by Gasteiger charge is 2.18. The number of methoxy groups -OCH3 is 1. The minimum Gasteiger partial charge on any atom is -0.497 e. The van der Waals surface area contributed by atoms with Crippen LogP contribution in [0.4, 0.5) is 0 Å². The van der Waals surface area contributed by atoms with Gasteiger partial charge in [0, 0.05) is 29.3 Å². The van der Waals surface area contributed by atoms with Crippen molar-refractivity contribution >= 4 is 16.9 Å². The Morgan fingerprint density at radius 3 is 2.85 bits per heavy atom. The zero-order valence-electron chi connectivity index (χ0n) is 15.3. The third-order valence-electron chi connectivity index (χ3n) is 3.99. The number of rotatable bonds is 6. The lowest BCUT2D eigenvalue weighted by atomic mass is 10.1. The van der Waals surface area contributed by atoms with Crippen molar-refractivity contribution in [2.24, 2.45) is 0 Å². The molecule has 136 valence electrons. The summed E-state index contributed by atoms with van der Waals surface area (Å²) in [4.78, 5) is 16.8. The van der Waals surface area contributed by atoms with Crippen LogP contribution in [0.25, 0.3) is 11.0 Å². The molecule has 0 aliphatic rings. The maximum atomic E-state index is 12.6. The predicted molar refractivity (Wildman–Crippen MR) is 98.7 cm³/mol. The Kier molecular flexibility index (Phi) is 5.11. The molecule has 0 atom stereocenters. The monoisotopic (exact) mass is 354 g/mol. The number of nitrogens with zero attached hydrogens (tertiary/aromatic N) is 1. The number of ether oxygens (including phenoxy) is 2. The van der Waals surface area contributed by atoms with Gasteiger partial charge in [-0.3, -0.25) is 4.79 Å². The van der Waals surface area contributed by atoms with E-state index < -0.39 is 0 Å². The highest BCUT2D eigenvalue weighted by Crippen LogP contribution is 2.28. The smallest absolute Gasteiger partial charge is 0.287 e. The number of hydrogen-bond donors (Lipinski definition) is 1. The molecule has 2 heterocycles. The van der Waals surface area contributed by atoms with Crippen molar-refractivity contribution in [2.75, 3.05) is 7.11 Å². The standard InChI is InChI=1S/C20H22N2O4/c1-12(2)25-20-14(6-5-9-21-20)11-22-19(23)18-13(3)16-10-15(24-4)7-8-17(16)26-18/h5-10,12H,11H2,1-4H3,(H,22,23). The van der Waals surface area contributed by atoms with E-state index in [1.54, 1.807) is 25.4 Å². The highest BCUT2D eigenvalue weighted by molar-refractivity contribution is 5.99. The van der Waals surface area contributed by atoms with Crippen molar-refractivity contribution in [1.29, 1.82) is 0 Å². The van der Waals surface area contributed by atoms with Crippen LogP contribution in [0.15, 0.2) is 40.9 Å². The first kappa shape index (κ1) is 17.8. The molecular weight excluding hydrogens is 332 g/mol. The fourth-order valence-electron chi connectivity index (χ4n) is 2.69. The Labute approximate surface area is 152 Å². The molecule has 6 heteroatoms. The van der Waals surface area contributed by atoms with Gasteiger partial charge in [-0.25, -0.2) is 4.98 Å². The van der Waals surface area contributed by atoms with Crippen molar-refractivity contribution in [1.82, 2.24) is 10.3 Å². The summed E-state index contributed by atoms with van der Waals surface area (Å²) in [6.07, 6.45) is 1.67. The van der Waals surface area contributed by atoms with Gasteiger partial charge in [-0.15, -0.1) is 0 Å². The van der Waals surface area contributed by atoms with Crippen LogP contribution in [0.1, 0.15) is 35.5 Å². The summed E-state index contributed by atoms with van der Waals surface area (Å²) in [5.41, 5.74) is 2.24. The fourth-order valence-corrected chi connectivity index (χ4v) is 2.69. The molecule has 0 aliphatic carbocycles. The molecule has 1 aromatic carbocycles. The number of pyridine rings is 1. The van der Waals surface area contributed by atoms with Gasteiger partial charge in [0.05, 0.1) is 13.2 Å². The summed E-state index contributed by atoms with van der Waals surface area (Å²) in [5, 5.41) is 3.74. The van der Waals surface area contributed by atoms with Crippen molar-refractivity contribution in [2.45, 2.75) is 33.4 Å². The van der Waals surface area contributed by atoms with Crippen LogP contribution in [0.2, 0.25) is 0 Å². The molecule has 2 aromatic heterocycles. The molecule has 3 aromatic rings. The van der Waals surface area contributed by atoms with Gasteiger partial charge >= 0.3 is 0 Å². The van der Waals surface area contributed by atoms with E-state index in [9.17, 15) is 4.79 Å². The summed E-state index contributed by atoms with van der Waals surface area (Å²) in [6, 6.07) is 9.15. The van der Waals surface area contributed by atoms with E-state index in [4.69, 9.17) is 13.9 Å². The third kappa shape index (κ3) is 3.64. The first-order chi connectivity index (χ1) is 12.5. The topological polar surface area (TPSA) is 73.6 Å². The summed E-state index contributed by atoms with van der Waals surface area (Å²) in [7, 11) is 1.61. The molecule has 26 heavy (non-hydrogen) atoms. The maximum Gasteiger partial charge on any atom is 0.287 e. The van der Waals surface area contributed by atoms with E-state index in [0.717, 1.165) is 22.3 Å². The van der Waals surface area contributed by atoms with Crippen molar-refractivity contribution < 1.29 is 18.7 Å². The molecule has 0 spiro atoms. The number of benzene rings is 1. The van der Waals surface area contributed by atoms with Crippen LogP contribution in [-0.2, 0) is 6.54 Å². The number of amides is 1. The predicted octanol–water partition coefficient (Wildman–Crippen LogP) is 3.86. The number of fused-ring (bicyclic) bond motifs is 1. The van der Waals surface area contributed by atoms with E-state index in [2.05, 4.69) is 10.3 Å². The Morgan fingerprint density at radius 2 is 2.12 bits per heavy atom. The van der Waals surface area contributed by atoms with E-state index in [0.29, 0.717) is 23.8 Å². The SMILES string of the molecule is COc1ccc2oc(C(=O)NCc3cccnc3OC(C)C)c(C)c2c1. The van der Waals surface area contributed by atoms with Crippen LogP contribution < -0.4 is 14.8 Å². The summed E-state index contributed by atoms with van der Waals surface area (Å²) >= 11 is 0. The van der Waals surface area contributed by atoms with Gasteiger partial charge in [0.25, 0.3) is 5.91 Å². The van der Waals surface area contributed by atoms with Gasteiger partial charge in [0.1, 0.15) is 11.3 Å². The van der Waals surface area contributed by atoms with E-state index in [-0.39, 0.29) is 12.0 Å². The molecule has 0 saturated heterocycles. The molecule has 1 N–H and O–H groups in total. The minimum absolute atomic E-state index is 0.00643. The first-order valence-electron chi connectivity index (χ1n) is 8.45. The van der Waals surface area contributed by atoms with Gasteiger partial charge in [0.15, 0.2) is 5.76 Å². The second kappa shape index (κ2) is 7.47. The number of hydrogen-bond acceptors (Lipinski definition) is 5. The van der Waals surface area contributed by atoms with Crippen LogP contribution in [-0.4, -0.2) is 24.1 Å². The van der Waals surface area contributed by atoms with Gasteiger partial charge < -0.3 is 19.2 Å². The molecule has 0 bridgehead atoms. The van der Waals surface area contributed by atoms with Crippen LogP contribution >= 0.6 is 0 Å². The molecule has 0 radical (unpaired) electrons. The van der Waals surface area contributed by atoms with Crippen molar-refractivity contribution in [3.63, 3.8) is 0 Å². The first-order valence-corrected chi connectivity index (χ1v) is 8.45. The number of carbonyl (C=O) groups is 1. The normalized spacial score (nSPS) is 11.0. The summed E-state index contributed by atoms with van der Waals surface area (Å²) < 4.78 is 16.6. The molecule has 1 amide bonds. The van der Waals surface area contributed by atoms with E-state index in [1.165, 1.54) is 0 Å². The molecule has 3 rings (SSSR count). The average Bonchev–Trinajstić information content (AvgIpc) is 2.96. The highest BCUT2D eigenvalue weighted by atomic mass is 16.5. The fraction of sp³-hybridized carbons (Fsp3) is 0.300. The molecule has 0 saturated carbocycles. The second-order valence-corrected chi connectivity index (χ2v) is 6.24. The Balaban J connectivity index is 1.79. The van der Waals surface area contributed by atoms with Gasteiger partial charge in [-0.1, -0.05) is 6.07 Å². The lowest BCUT2D eigenvalue weighted by Crippen LogP contribution is -2.23. The van der Waals surface area contributed by atoms with Gasteiger partial charge in [-0.2, -0.15) is 0 Å². The zero-order chi connectivity index (χ0) is 18.7. The van der Waals surface area contributed by atoms with E-state index >= 15 is 0 Å². The van der Waals surface area contributed by atoms with Crippen molar-refractivity contribution in [3.8, 4) is 11.6 Å². The molecule has 0 fully saturated rings. The maximum absolute atomic E-state index is 12.6. The molecule has 0 aliphatic heterocycles. The summed E-state index contributed by atoms with van der Waals surface area (Å²) in [5.74, 6) is 1.26. The molecular formula is C20H22N2O4. The number of nitrogens with one attached hydrogen (secondary N) is 1. The number of aryl methyl sites for hydroxylation is 1. The lowest BCUT2D eigenvalue weighted by molar-refractivity contribution is 0.0924. The largest absolute Gasteiger partial charge is 0.497 e. The number of aromatic nitrogens is 1. The van der Waals surface area contributed by atoms with Crippen LogP contribution in [0.5, 0.6) is 11.6 Å². The Hall–Kier alpha value is -3.02. The number of furan rings is 1.